The van der Waals surface area contributed by atoms with Gasteiger partial charge >= 0.3 is 0 Å². The minimum absolute atomic E-state index is 0.0416. The first-order valence-corrected chi connectivity index (χ1v) is 9.85. The fourth-order valence-electron chi connectivity index (χ4n) is 3.77. The van der Waals surface area contributed by atoms with E-state index in [0.717, 1.165) is 36.5 Å². The summed E-state index contributed by atoms with van der Waals surface area (Å²) >= 11 is 0. The van der Waals surface area contributed by atoms with Gasteiger partial charge in [-0.2, -0.15) is 5.10 Å². The average Bonchev–Trinajstić information content (AvgIpc) is 3.51. The third-order valence-electron chi connectivity index (χ3n) is 5.36. The lowest BCUT2D eigenvalue weighted by Gasteiger charge is -2.13. The minimum atomic E-state index is -0.0416. The molecule has 0 radical (unpaired) electrons. The second-order valence-electron chi connectivity index (χ2n) is 7.52. The maximum Gasteiger partial charge on any atom is 0.251 e. The number of H-pyrrole nitrogens is 1. The molecular weight excluding hydrogens is 380 g/mol. The molecule has 3 aromatic heterocycles. The molecule has 3 N–H and O–H groups in total. The molecule has 0 aliphatic carbocycles. The number of benzene rings is 1. The van der Waals surface area contributed by atoms with Crippen LogP contribution in [0.2, 0.25) is 0 Å². The Morgan fingerprint density at radius 1 is 1.20 bits per heavy atom. The molecule has 1 amide bonds. The Morgan fingerprint density at radius 3 is 2.80 bits per heavy atom. The van der Waals surface area contributed by atoms with Crippen LogP contribution in [0.5, 0.6) is 0 Å². The lowest BCUT2D eigenvalue weighted by molar-refractivity contribution is 0.0938. The highest BCUT2D eigenvalue weighted by atomic mass is 16.1. The number of rotatable bonds is 5. The molecule has 1 aromatic carbocycles. The molecule has 152 valence electrons. The normalized spacial score (nSPS) is 16.8. The number of nitrogens with one attached hydrogen (secondary N) is 3. The van der Waals surface area contributed by atoms with Crippen molar-refractivity contribution in [2.45, 2.75) is 12.5 Å². The van der Waals surface area contributed by atoms with Gasteiger partial charge in [0.1, 0.15) is 0 Å². The van der Waals surface area contributed by atoms with Crippen LogP contribution in [0.15, 0.2) is 55.2 Å². The second-order valence-corrected chi connectivity index (χ2v) is 7.52. The van der Waals surface area contributed by atoms with Crippen molar-refractivity contribution in [3.8, 4) is 11.3 Å². The van der Waals surface area contributed by atoms with Crippen LogP contribution in [0.1, 0.15) is 16.8 Å². The molecule has 1 saturated heterocycles. The van der Waals surface area contributed by atoms with E-state index in [2.05, 4.69) is 42.7 Å². The third-order valence-corrected chi connectivity index (χ3v) is 5.36. The summed E-state index contributed by atoms with van der Waals surface area (Å²) in [5.41, 5.74) is 4.01. The smallest absolute Gasteiger partial charge is 0.251 e. The van der Waals surface area contributed by atoms with Gasteiger partial charge in [0.15, 0.2) is 11.5 Å². The maximum atomic E-state index is 12.5. The number of imidazole rings is 1. The predicted octanol–water partition coefficient (Wildman–Crippen LogP) is 2.30. The molecule has 4 aromatic rings. The Hall–Kier alpha value is -3.72. The molecule has 1 fully saturated rings. The van der Waals surface area contributed by atoms with E-state index in [1.807, 2.05) is 41.1 Å². The van der Waals surface area contributed by atoms with Crippen LogP contribution in [-0.2, 0) is 0 Å². The van der Waals surface area contributed by atoms with Crippen molar-refractivity contribution in [2.24, 2.45) is 0 Å². The molecule has 0 saturated carbocycles. The van der Waals surface area contributed by atoms with E-state index < -0.39 is 0 Å². The van der Waals surface area contributed by atoms with Crippen molar-refractivity contribution in [1.29, 1.82) is 0 Å². The van der Waals surface area contributed by atoms with Crippen molar-refractivity contribution in [3.05, 3.63) is 60.8 Å². The summed E-state index contributed by atoms with van der Waals surface area (Å²) in [6.07, 6.45) is 9.96. The number of anilines is 2. The second kappa shape index (κ2) is 7.60. The number of aromatic amines is 1. The van der Waals surface area contributed by atoms with Crippen molar-refractivity contribution < 1.29 is 4.79 Å². The molecule has 1 aliphatic rings. The first-order valence-electron chi connectivity index (χ1n) is 9.85. The van der Waals surface area contributed by atoms with E-state index >= 15 is 0 Å². The van der Waals surface area contributed by atoms with Crippen LogP contribution in [0, 0.1) is 0 Å². The van der Waals surface area contributed by atoms with Gasteiger partial charge in [-0.05, 0) is 44.3 Å². The van der Waals surface area contributed by atoms with Crippen molar-refractivity contribution >= 4 is 23.1 Å². The summed E-state index contributed by atoms with van der Waals surface area (Å²) in [5, 5.41) is 13.2. The van der Waals surface area contributed by atoms with E-state index in [0.29, 0.717) is 17.0 Å². The predicted molar refractivity (Wildman–Crippen MR) is 114 cm³/mol. The molecule has 1 atom stereocenters. The van der Waals surface area contributed by atoms with Crippen molar-refractivity contribution in [2.75, 3.05) is 25.5 Å². The van der Waals surface area contributed by atoms with Gasteiger partial charge in [-0.3, -0.25) is 14.3 Å². The summed E-state index contributed by atoms with van der Waals surface area (Å²) < 4.78 is 1.96. The van der Waals surface area contributed by atoms with Gasteiger partial charge in [0, 0.05) is 48.0 Å². The third kappa shape index (κ3) is 3.50. The SMILES string of the molecule is CN1CCC(NC(=O)c2ccc(Nc3ncc(-c4cn[nH]c4)n4ccnc34)cc2)C1. The van der Waals surface area contributed by atoms with Gasteiger partial charge in [-0.25, -0.2) is 9.97 Å². The highest BCUT2D eigenvalue weighted by Crippen LogP contribution is 2.24. The molecule has 9 heteroatoms. The molecule has 1 unspecified atom stereocenters. The highest BCUT2D eigenvalue weighted by molar-refractivity contribution is 5.94. The number of hydrogen-bond acceptors (Lipinski definition) is 6. The number of likely N-dealkylation sites (N-methyl/N-ethyl adjacent to an activating group) is 1. The molecule has 4 heterocycles. The molecule has 30 heavy (non-hydrogen) atoms. The number of aromatic nitrogens is 5. The topological polar surface area (TPSA) is 103 Å². The molecule has 0 bridgehead atoms. The lowest BCUT2D eigenvalue weighted by Crippen LogP contribution is -2.36. The standard InChI is InChI=1S/C21H22N8O/c1-28-8-6-17(13-28)27-21(30)14-2-4-16(5-3-14)26-19-20-22-7-9-29(20)18(12-23-19)15-10-24-25-11-15/h2-5,7,9-12,17H,6,8,13H2,1H3,(H,23,26)(H,24,25)(H,27,30). The number of fused-ring (bicyclic) bond motifs is 1. The molecule has 9 nitrogen and oxygen atoms in total. The monoisotopic (exact) mass is 402 g/mol. The van der Waals surface area contributed by atoms with Crippen LogP contribution >= 0.6 is 0 Å². The molecule has 5 rings (SSSR count). The van der Waals surface area contributed by atoms with E-state index in [-0.39, 0.29) is 11.9 Å². The van der Waals surface area contributed by atoms with E-state index in [4.69, 9.17) is 0 Å². The summed E-state index contributed by atoms with van der Waals surface area (Å²) in [6.45, 7) is 1.91. The Balaban J connectivity index is 1.33. The van der Waals surface area contributed by atoms with Crippen LogP contribution < -0.4 is 10.6 Å². The Kier molecular flexibility index (Phi) is 4.64. The zero-order valence-corrected chi connectivity index (χ0v) is 16.5. The van der Waals surface area contributed by atoms with Gasteiger partial charge in [0.25, 0.3) is 5.91 Å². The van der Waals surface area contributed by atoms with E-state index in [9.17, 15) is 4.79 Å². The van der Waals surface area contributed by atoms with Gasteiger partial charge in [-0.15, -0.1) is 0 Å². The molecule has 0 spiro atoms. The molecule has 1 aliphatic heterocycles. The first kappa shape index (κ1) is 18.3. The Morgan fingerprint density at radius 2 is 2.07 bits per heavy atom. The zero-order valence-electron chi connectivity index (χ0n) is 16.5. The van der Waals surface area contributed by atoms with Gasteiger partial charge in [0.2, 0.25) is 0 Å². The zero-order chi connectivity index (χ0) is 20.5. The van der Waals surface area contributed by atoms with Crippen LogP contribution in [0.3, 0.4) is 0 Å². The minimum Gasteiger partial charge on any atom is -0.348 e. The maximum absolute atomic E-state index is 12.5. The van der Waals surface area contributed by atoms with E-state index in [1.54, 1.807) is 18.6 Å². The van der Waals surface area contributed by atoms with E-state index in [1.165, 1.54) is 0 Å². The summed E-state index contributed by atoms with van der Waals surface area (Å²) in [7, 11) is 2.07. The number of carbonyl (C=O) groups is 1. The van der Waals surface area contributed by atoms with Crippen LogP contribution in [-0.4, -0.2) is 61.6 Å². The fraction of sp³-hybridized carbons (Fsp3) is 0.238. The van der Waals surface area contributed by atoms with Crippen LogP contribution in [0.25, 0.3) is 16.9 Å². The van der Waals surface area contributed by atoms with Crippen molar-refractivity contribution in [1.82, 2.24) is 34.8 Å². The first-order chi connectivity index (χ1) is 14.7. The number of carbonyl (C=O) groups excluding carboxylic acids is 1. The Bertz CT molecular complexity index is 1170. The van der Waals surface area contributed by atoms with Gasteiger partial charge in [-0.1, -0.05) is 0 Å². The number of nitrogens with zero attached hydrogens (tertiary/aromatic N) is 5. The summed E-state index contributed by atoms with van der Waals surface area (Å²) in [5.74, 6) is 0.596. The quantitative estimate of drug-likeness (QED) is 0.473. The Labute approximate surface area is 173 Å². The fourth-order valence-corrected chi connectivity index (χ4v) is 3.77. The largest absolute Gasteiger partial charge is 0.348 e. The van der Waals surface area contributed by atoms with Gasteiger partial charge in [0.05, 0.1) is 18.1 Å². The van der Waals surface area contributed by atoms with Gasteiger partial charge < -0.3 is 15.5 Å². The summed E-state index contributed by atoms with van der Waals surface area (Å²) in [4.78, 5) is 23.7. The number of amides is 1. The summed E-state index contributed by atoms with van der Waals surface area (Å²) in [6, 6.07) is 7.60. The number of likely N-dealkylation sites (tertiary alicyclic amines) is 1. The number of hydrogen-bond donors (Lipinski definition) is 3. The highest BCUT2D eigenvalue weighted by Gasteiger charge is 2.21. The average molecular weight is 402 g/mol. The van der Waals surface area contributed by atoms with Crippen LogP contribution in [0.4, 0.5) is 11.5 Å². The lowest BCUT2D eigenvalue weighted by atomic mass is 10.1. The molecular formula is C21H22N8O. The van der Waals surface area contributed by atoms with Crippen molar-refractivity contribution in [3.63, 3.8) is 0 Å².